The predicted molar refractivity (Wildman–Crippen MR) is 75.6 cm³/mol. The van der Waals surface area contributed by atoms with E-state index in [1.165, 1.54) is 11.3 Å². The van der Waals surface area contributed by atoms with Crippen LogP contribution in [0.2, 0.25) is 0 Å². The van der Waals surface area contributed by atoms with Gasteiger partial charge < -0.3 is 15.4 Å². The minimum absolute atomic E-state index is 0.298. The molecule has 0 saturated heterocycles. The first-order valence-electron chi connectivity index (χ1n) is 5.92. The summed E-state index contributed by atoms with van der Waals surface area (Å²) in [4.78, 5) is 22.7. The van der Waals surface area contributed by atoms with E-state index in [4.69, 9.17) is 4.74 Å². The number of amides is 3. The van der Waals surface area contributed by atoms with Crippen molar-refractivity contribution >= 4 is 28.5 Å². The average molecular weight is 285 g/mol. The van der Waals surface area contributed by atoms with Crippen LogP contribution < -0.4 is 16.0 Å². The van der Waals surface area contributed by atoms with Gasteiger partial charge in [0.25, 0.3) is 0 Å². The second-order valence-corrected chi connectivity index (χ2v) is 5.73. The van der Waals surface area contributed by atoms with Crippen LogP contribution in [-0.4, -0.2) is 30.8 Å². The molecule has 0 saturated carbocycles. The summed E-state index contributed by atoms with van der Waals surface area (Å²) in [6.45, 7) is 6.02. The first-order chi connectivity index (χ1) is 8.87. The molecule has 7 heteroatoms. The molecule has 6 nitrogen and oxygen atoms in total. The SMILES string of the molecule is CC(C)(C)OC(=O)NCCNC(=O)Nc1cccs1. The number of thiophene rings is 1. The Labute approximate surface area is 116 Å². The number of hydrogen-bond donors (Lipinski definition) is 3. The Hall–Kier alpha value is -1.76. The van der Waals surface area contributed by atoms with E-state index in [1.807, 2.05) is 17.5 Å². The Bertz CT molecular complexity index is 412. The zero-order chi connectivity index (χ0) is 14.3. The second kappa shape index (κ2) is 6.98. The Morgan fingerprint density at radius 3 is 2.53 bits per heavy atom. The lowest BCUT2D eigenvalue weighted by atomic mass is 10.2. The molecule has 1 heterocycles. The van der Waals surface area contributed by atoms with Crippen LogP contribution >= 0.6 is 11.3 Å². The lowest BCUT2D eigenvalue weighted by molar-refractivity contribution is 0.0528. The van der Waals surface area contributed by atoms with Crippen LogP contribution in [0, 0.1) is 0 Å². The topological polar surface area (TPSA) is 79.5 Å². The highest BCUT2D eigenvalue weighted by molar-refractivity contribution is 7.14. The third-order valence-electron chi connectivity index (χ3n) is 1.84. The number of anilines is 1. The molecule has 0 radical (unpaired) electrons. The molecular formula is C12H19N3O3S. The van der Waals surface area contributed by atoms with E-state index in [0.29, 0.717) is 13.1 Å². The van der Waals surface area contributed by atoms with Gasteiger partial charge in [0, 0.05) is 13.1 Å². The van der Waals surface area contributed by atoms with E-state index in [2.05, 4.69) is 16.0 Å². The van der Waals surface area contributed by atoms with Crippen LogP contribution in [-0.2, 0) is 4.74 Å². The van der Waals surface area contributed by atoms with Gasteiger partial charge in [0.2, 0.25) is 0 Å². The van der Waals surface area contributed by atoms with E-state index >= 15 is 0 Å². The van der Waals surface area contributed by atoms with Gasteiger partial charge in [0.1, 0.15) is 5.60 Å². The molecule has 0 bridgehead atoms. The normalized spacial score (nSPS) is 10.7. The number of carbonyl (C=O) groups is 2. The van der Waals surface area contributed by atoms with Crippen molar-refractivity contribution in [2.24, 2.45) is 0 Å². The van der Waals surface area contributed by atoms with Crippen LogP contribution in [0.3, 0.4) is 0 Å². The number of ether oxygens (including phenoxy) is 1. The molecule has 3 amide bonds. The van der Waals surface area contributed by atoms with Gasteiger partial charge in [-0.3, -0.25) is 5.32 Å². The summed E-state index contributed by atoms with van der Waals surface area (Å²) in [5.74, 6) is 0. The van der Waals surface area contributed by atoms with Crippen molar-refractivity contribution in [3.8, 4) is 0 Å². The van der Waals surface area contributed by atoms with E-state index in [9.17, 15) is 9.59 Å². The van der Waals surface area contributed by atoms with Crippen molar-refractivity contribution in [1.82, 2.24) is 10.6 Å². The Balaban J connectivity index is 2.10. The fourth-order valence-corrected chi connectivity index (χ4v) is 1.77. The monoisotopic (exact) mass is 285 g/mol. The van der Waals surface area contributed by atoms with Gasteiger partial charge in [-0.25, -0.2) is 9.59 Å². The zero-order valence-electron chi connectivity index (χ0n) is 11.3. The van der Waals surface area contributed by atoms with E-state index in [-0.39, 0.29) is 6.03 Å². The van der Waals surface area contributed by atoms with E-state index in [0.717, 1.165) is 5.00 Å². The average Bonchev–Trinajstić information content (AvgIpc) is 2.74. The number of hydrogen-bond acceptors (Lipinski definition) is 4. The van der Waals surface area contributed by atoms with E-state index in [1.54, 1.807) is 20.8 Å². The largest absolute Gasteiger partial charge is 0.444 e. The number of rotatable bonds is 4. The molecule has 0 aliphatic carbocycles. The second-order valence-electron chi connectivity index (χ2n) is 4.79. The van der Waals surface area contributed by atoms with Gasteiger partial charge >= 0.3 is 12.1 Å². The van der Waals surface area contributed by atoms with Gasteiger partial charge in [-0.05, 0) is 38.3 Å². The van der Waals surface area contributed by atoms with Crippen molar-refractivity contribution in [1.29, 1.82) is 0 Å². The van der Waals surface area contributed by atoms with Crippen LogP contribution in [0.5, 0.6) is 0 Å². The van der Waals surface area contributed by atoms with Crippen molar-refractivity contribution in [3.05, 3.63) is 17.5 Å². The lowest BCUT2D eigenvalue weighted by Gasteiger charge is -2.19. The minimum Gasteiger partial charge on any atom is -0.444 e. The molecule has 0 fully saturated rings. The molecule has 0 aliphatic heterocycles. The molecule has 0 aromatic carbocycles. The summed E-state index contributed by atoms with van der Waals surface area (Å²) in [5.41, 5.74) is -0.520. The fraction of sp³-hybridized carbons (Fsp3) is 0.500. The summed E-state index contributed by atoms with van der Waals surface area (Å²) in [5, 5.41) is 10.5. The smallest absolute Gasteiger partial charge is 0.407 e. The Kier molecular flexibility index (Phi) is 5.62. The maximum Gasteiger partial charge on any atom is 0.407 e. The lowest BCUT2D eigenvalue weighted by Crippen LogP contribution is -2.39. The Morgan fingerprint density at radius 1 is 1.26 bits per heavy atom. The first-order valence-corrected chi connectivity index (χ1v) is 6.80. The number of alkyl carbamates (subject to hydrolysis) is 1. The summed E-state index contributed by atoms with van der Waals surface area (Å²) >= 11 is 1.44. The summed E-state index contributed by atoms with van der Waals surface area (Å²) < 4.78 is 5.05. The summed E-state index contributed by atoms with van der Waals surface area (Å²) in [6.07, 6.45) is -0.493. The maximum absolute atomic E-state index is 11.4. The molecule has 106 valence electrons. The predicted octanol–water partition coefficient (Wildman–Crippen LogP) is 2.39. The number of carbonyl (C=O) groups excluding carboxylic acids is 2. The van der Waals surface area contributed by atoms with Gasteiger partial charge in [-0.2, -0.15) is 0 Å². The highest BCUT2D eigenvalue weighted by Crippen LogP contribution is 2.14. The van der Waals surface area contributed by atoms with Gasteiger partial charge in [0.05, 0.1) is 5.00 Å². The highest BCUT2D eigenvalue weighted by atomic mass is 32.1. The quantitative estimate of drug-likeness (QED) is 0.743. The van der Waals surface area contributed by atoms with Crippen LogP contribution in [0.25, 0.3) is 0 Å². The molecule has 0 aliphatic rings. The molecule has 1 aromatic heterocycles. The van der Waals surface area contributed by atoms with Gasteiger partial charge in [-0.15, -0.1) is 11.3 Å². The van der Waals surface area contributed by atoms with Crippen molar-refractivity contribution in [2.45, 2.75) is 26.4 Å². The maximum atomic E-state index is 11.4. The summed E-state index contributed by atoms with van der Waals surface area (Å²) in [6, 6.07) is 3.36. The van der Waals surface area contributed by atoms with E-state index < -0.39 is 11.7 Å². The fourth-order valence-electron chi connectivity index (χ4n) is 1.16. The van der Waals surface area contributed by atoms with Crippen molar-refractivity contribution in [2.75, 3.05) is 18.4 Å². The van der Waals surface area contributed by atoms with Crippen LogP contribution in [0.1, 0.15) is 20.8 Å². The zero-order valence-corrected chi connectivity index (χ0v) is 12.1. The molecule has 0 unspecified atom stereocenters. The molecule has 0 atom stereocenters. The Morgan fingerprint density at radius 2 is 1.95 bits per heavy atom. The van der Waals surface area contributed by atoms with Crippen LogP contribution in [0.15, 0.2) is 17.5 Å². The standard InChI is InChI=1S/C12H19N3O3S/c1-12(2,3)18-11(17)14-7-6-13-10(16)15-9-5-4-8-19-9/h4-5,8H,6-7H2,1-3H3,(H,14,17)(H2,13,15,16). The molecule has 3 N–H and O–H groups in total. The number of urea groups is 1. The minimum atomic E-state index is -0.520. The van der Waals surface area contributed by atoms with Crippen molar-refractivity contribution < 1.29 is 14.3 Å². The van der Waals surface area contributed by atoms with Crippen LogP contribution in [0.4, 0.5) is 14.6 Å². The third-order valence-corrected chi connectivity index (χ3v) is 2.62. The summed E-state index contributed by atoms with van der Waals surface area (Å²) in [7, 11) is 0. The van der Waals surface area contributed by atoms with Crippen molar-refractivity contribution in [3.63, 3.8) is 0 Å². The number of nitrogens with one attached hydrogen (secondary N) is 3. The highest BCUT2D eigenvalue weighted by Gasteiger charge is 2.15. The molecule has 1 aromatic rings. The third kappa shape index (κ3) is 7.30. The van der Waals surface area contributed by atoms with Gasteiger partial charge in [-0.1, -0.05) is 0 Å². The first kappa shape index (κ1) is 15.3. The molecule has 19 heavy (non-hydrogen) atoms. The van der Waals surface area contributed by atoms with Gasteiger partial charge in [0.15, 0.2) is 0 Å². The molecule has 1 rings (SSSR count). The molecule has 0 spiro atoms. The molecular weight excluding hydrogens is 266 g/mol.